The fourth-order valence-electron chi connectivity index (χ4n) is 1.85. The number of aromatic nitrogens is 3. The van der Waals surface area contributed by atoms with Crippen molar-refractivity contribution in [2.45, 2.75) is 26.0 Å². The van der Waals surface area contributed by atoms with Gasteiger partial charge in [0.25, 0.3) is 0 Å². The van der Waals surface area contributed by atoms with Crippen molar-refractivity contribution < 1.29 is 17.2 Å². The van der Waals surface area contributed by atoms with Crippen LogP contribution in [0.5, 0.6) is 0 Å². The summed E-state index contributed by atoms with van der Waals surface area (Å²) in [6.07, 6.45) is 0.378. The number of halogens is 1. The lowest BCUT2D eigenvalue weighted by Crippen LogP contribution is -2.33. The van der Waals surface area contributed by atoms with Gasteiger partial charge in [0.2, 0.25) is 0 Å². The van der Waals surface area contributed by atoms with Gasteiger partial charge < -0.3 is 0 Å². The molecule has 1 N–H and O–H groups in total. The van der Waals surface area contributed by atoms with Gasteiger partial charge in [-0.25, -0.2) is 18.2 Å². The van der Waals surface area contributed by atoms with E-state index in [1.54, 1.807) is 31.2 Å². The Hall–Kier alpha value is -1.49. The van der Waals surface area contributed by atoms with E-state index in [1.807, 2.05) is 0 Å². The van der Waals surface area contributed by atoms with Crippen LogP contribution < -0.4 is 5.69 Å². The molecule has 0 amide bonds. The average molecular weight is 392 g/mol. The Kier molecular flexibility index (Phi) is 4.85. The number of hydrogen-bond acceptors (Lipinski definition) is 5. The van der Waals surface area contributed by atoms with Crippen LogP contribution in [0.3, 0.4) is 0 Å². The Bertz CT molecular complexity index is 812. The van der Waals surface area contributed by atoms with E-state index >= 15 is 0 Å². The standard InChI is InChI=1S/C12H14BrN3O5S/c1-8(9(2)21-22(18,19)20)16-12(17)15(7-14-16)11-5-3-10(13)4-6-11/h3-9H,1-2H3,(H,18,19,20)/t8-,9+/m0/s1. The summed E-state index contributed by atoms with van der Waals surface area (Å²) in [6.45, 7) is 2.99. The topological polar surface area (TPSA) is 103 Å². The zero-order valence-electron chi connectivity index (χ0n) is 11.7. The highest BCUT2D eigenvalue weighted by Gasteiger charge is 2.23. The molecular formula is C12H14BrN3O5S. The van der Waals surface area contributed by atoms with Gasteiger partial charge >= 0.3 is 16.1 Å². The summed E-state index contributed by atoms with van der Waals surface area (Å²) >= 11 is 3.31. The van der Waals surface area contributed by atoms with Crippen molar-refractivity contribution in [3.05, 3.63) is 45.5 Å². The summed E-state index contributed by atoms with van der Waals surface area (Å²) in [5, 5.41) is 3.96. The molecule has 1 aromatic heterocycles. The average Bonchev–Trinajstić information content (AvgIpc) is 2.79. The van der Waals surface area contributed by atoms with Gasteiger partial charge in [-0.2, -0.15) is 13.5 Å². The van der Waals surface area contributed by atoms with Gasteiger partial charge in [0.05, 0.1) is 17.8 Å². The van der Waals surface area contributed by atoms with Crippen LogP contribution in [0.1, 0.15) is 19.9 Å². The summed E-state index contributed by atoms with van der Waals surface area (Å²) < 4.78 is 37.9. The van der Waals surface area contributed by atoms with Crippen molar-refractivity contribution in [3.8, 4) is 5.69 Å². The molecule has 2 rings (SSSR count). The highest BCUT2D eigenvalue weighted by Crippen LogP contribution is 2.15. The Morgan fingerprint density at radius 1 is 1.27 bits per heavy atom. The molecular weight excluding hydrogens is 378 g/mol. The SMILES string of the molecule is C[C@@H](OS(=O)(=O)O)[C@H](C)n1ncn(-c2ccc(Br)cc2)c1=O. The van der Waals surface area contributed by atoms with E-state index in [4.69, 9.17) is 4.55 Å². The van der Waals surface area contributed by atoms with E-state index in [9.17, 15) is 13.2 Å². The van der Waals surface area contributed by atoms with Crippen molar-refractivity contribution in [3.63, 3.8) is 0 Å². The molecule has 120 valence electrons. The molecule has 0 aliphatic rings. The van der Waals surface area contributed by atoms with Crippen LogP contribution in [0.4, 0.5) is 0 Å². The highest BCUT2D eigenvalue weighted by molar-refractivity contribution is 9.10. The number of benzene rings is 1. The van der Waals surface area contributed by atoms with Gasteiger partial charge in [-0.05, 0) is 38.1 Å². The normalized spacial score (nSPS) is 14.7. The summed E-state index contributed by atoms with van der Waals surface area (Å²) in [5.41, 5.74) is 0.176. The molecule has 0 bridgehead atoms. The van der Waals surface area contributed by atoms with E-state index in [2.05, 4.69) is 25.2 Å². The molecule has 2 aromatic rings. The zero-order valence-corrected chi connectivity index (χ0v) is 14.2. The lowest BCUT2D eigenvalue weighted by Gasteiger charge is -2.17. The molecule has 10 heteroatoms. The largest absolute Gasteiger partial charge is 0.397 e. The van der Waals surface area contributed by atoms with Crippen LogP contribution in [0.15, 0.2) is 39.9 Å². The molecule has 0 fully saturated rings. The first-order valence-corrected chi connectivity index (χ1v) is 8.42. The predicted octanol–water partition coefficient (Wildman–Crippen LogP) is 1.57. The minimum Gasteiger partial charge on any atom is -0.264 e. The smallest absolute Gasteiger partial charge is 0.264 e. The van der Waals surface area contributed by atoms with E-state index < -0.39 is 28.2 Å². The predicted molar refractivity (Wildman–Crippen MR) is 82.3 cm³/mol. The Balaban J connectivity index is 2.31. The molecule has 0 unspecified atom stereocenters. The van der Waals surface area contributed by atoms with Crippen LogP contribution in [0.2, 0.25) is 0 Å². The van der Waals surface area contributed by atoms with Crippen molar-refractivity contribution in [2.24, 2.45) is 0 Å². The van der Waals surface area contributed by atoms with E-state index in [-0.39, 0.29) is 0 Å². The second kappa shape index (κ2) is 6.32. The van der Waals surface area contributed by atoms with Crippen LogP contribution in [0.25, 0.3) is 5.69 Å². The Morgan fingerprint density at radius 2 is 1.86 bits per heavy atom. The summed E-state index contributed by atoms with van der Waals surface area (Å²) in [4.78, 5) is 12.4. The maximum atomic E-state index is 12.4. The van der Waals surface area contributed by atoms with Crippen LogP contribution in [0, 0.1) is 0 Å². The molecule has 0 aliphatic heterocycles. The summed E-state index contributed by atoms with van der Waals surface area (Å²) in [5.74, 6) is 0. The fraction of sp³-hybridized carbons (Fsp3) is 0.333. The number of hydrogen-bond donors (Lipinski definition) is 1. The van der Waals surface area contributed by atoms with Crippen LogP contribution >= 0.6 is 15.9 Å². The van der Waals surface area contributed by atoms with E-state index in [0.717, 1.165) is 9.15 Å². The monoisotopic (exact) mass is 391 g/mol. The molecule has 0 spiro atoms. The van der Waals surface area contributed by atoms with Gasteiger partial charge in [-0.15, -0.1) is 0 Å². The first-order valence-electron chi connectivity index (χ1n) is 6.27. The fourth-order valence-corrected chi connectivity index (χ4v) is 2.65. The molecule has 1 aromatic carbocycles. The molecule has 1 heterocycles. The third-order valence-corrected chi connectivity index (χ3v) is 4.21. The van der Waals surface area contributed by atoms with Gasteiger partial charge in [0.15, 0.2) is 0 Å². The van der Waals surface area contributed by atoms with Gasteiger partial charge in [-0.3, -0.25) is 4.55 Å². The summed E-state index contributed by atoms with van der Waals surface area (Å²) in [6, 6.07) is 6.35. The van der Waals surface area contributed by atoms with Crippen molar-refractivity contribution in [1.82, 2.24) is 14.3 Å². The maximum absolute atomic E-state index is 12.4. The van der Waals surface area contributed by atoms with Crippen molar-refractivity contribution in [2.75, 3.05) is 0 Å². The van der Waals surface area contributed by atoms with Gasteiger partial charge in [0.1, 0.15) is 6.33 Å². The lowest BCUT2D eigenvalue weighted by molar-refractivity contribution is 0.142. The van der Waals surface area contributed by atoms with Gasteiger partial charge in [-0.1, -0.05) is 15.9 Å². The molecule has 0 radical (unpaired) electrons. The number of nitrogens with zero attached hydrogens (tertiary/aromatic N) is 3. The molecule has 8 nitrogen and oxygen atoms in total. The first-order chi connectivity index (χ1) is 10.2. The second-order valence-electron chi connectivity index (χ2n) is 4.67. The summed E-state index contributed by atoms with van der Waals surface area (Å²) in [7, 11) is -4.59. The second-order valence-corrected chi connectivity index (χ2v) is 6.64. The van der Waals surface area contributed by atoms with Crippen molar-refractivity contribution >= 4 is 26.3 Å². The highest BCUT2D eigenvalue weighted by atomic mass is 79.9. The minimum absolute atomic E-state index is 0.444. The maximum Gasteiger partial charge on any atom is 0.397 e. The Morgan fingerprint density at radius 3 is 2.41 bits per heavy atom. The van der Waals surface area contributed by atoms with Gasteiger partial charge in [0, 0.05) is 4.47 Å². The molecule has 0 saturated carbocycles. The van der Waals surface area contributed by atoms with Crippen LogP contribution in [-0.4, -0.2) is 33.4 Å². The quantitative estimate of drug-likeness (QED) is 0.775. The third-order valence-electron chi connectivity index (χ3n) is 3.14. The Labute approximate surface area is 135 Å². The molecule has 0 saturated heterocycles. The minimum atomic E-state index is -4.59. The molecule has 0 aliphatic carbocycles. The van der Waals surface area contributed by atoms with E-state index in [0.29, 0.717) is 5.69 Å². The van der Waals surface area contributed by atoms with E-state index in [1.165, 1.54) is 17.8 Å². The third kappa shape index (κ3) is 3.83. The molecule has 22 heavy (non-hydrogen) atoms. The van der Waals surface area contributed by atoms with Crippen molar-refractivity contribution in [1.29, 1.82) is 0 Å². The lowest BCUT2D eigenvalue weighted by atomic mass is 10.2. The zero-order chi connectivity index (χ0) is 16.5. The van der Waals surface area contributed by atoms with Crippen LogP contribution in [-0.2, 0) is 14.6 Å². The molecule has 2 atom stereocenters. The first kappa shape index (κ1) is 16.9. The number of rotatable bonds is 5.